The number of carbonyl (C=O) groups excluding carboxylic acids is 1. The molecule has 0 spiro atoms. The third kappa shape index (κ3) is 2.43. The number of hydrogen-bond donors (Lipinski definition) is 1. The second-order valence-corrected chi connectivity index (χ2v) is 4.98. The number of benzene rings is 1. The van der Waals surface area contributed by atoms with Crippen LogP contribution in [0.1, 0.15) is 31.2 Å². The highest BCUT2D eigenvalue weighted by atomic mass is 16.2. The summed E-state index contributed by atoms with van der Waals surface area (Å²) in [6.07, 6.45) is 4.44. The minimum atomic E-state index is -0.150. The molecule has 92 valence electrons. The average molecular weight is 232 g/mol. The lowest BCUT2D eigenvalue weighted by Crippen LogP contribution is -2.48. The monoisotopic (exact) mass is 232 g/mol. The van der Waals surface area contributed by atoms with Gasteiger partial charge in [-0.3, -0.25) is 0 Å². The van der Waals surface area contributed by atoms with Crippen LogP contribution in [0.5, 0.6) is 0 Å². The highest BCUT2D eigenvalue weighted by Gasteiger charge is 2.37. The van der Waals surface area contributed by atoms with Crippen LogP contribution in [-0.2, 0) is 5.54 Å². The molecule has 0 aromatic heterocycles. The Balaban J connectivity index is 2.24. The summed E-state index contributed by atoms with van der Waals surface area (Å²) < 4.78 is 0. The Kier molecular flexibility index (Phi) is 3.36. The Morgan fingerprint density at radius 1 is 1.18 bits per heavy atom. The maximum atomic E-state index is 11.9. The van der Waals surface area contributed by atoms with Crippen LogP contribution in [0.15, 0.2) is 30.3 Å². The summed E-state index contributed by atoms with van der Waals surface area (Å²) in [5, 5.41) is 3.20. The zero-order chi connectivity index (χ0) is 12.3. The first-order valence-corrected chi connectivity index (χ1v) is 6.19. The summed E-state index contributed by atoms with van der Waals surface area (Å²) in [6.45, 7) is 0. The van der Waals surface area contributed by atoms with Crippen LogP contribution in [0.2, 0.25) is 0 Å². The molecule has 1 fully saturated rings. The maximum absolute atomic E-state index is 11.9. The standard InChI is InChI=1S/C14H20N2O/c1-16(2)13(17)15-14(10-6-7-11-14)12-8-4-3-5-9-12/h3-5,8-9H,6-7,10-11H2,1-2H3,(H,15,17). The van der Waals surface area contributed by atoms with Gasteiger partial charge in [0.05, 0.1) is 5.54 Å². The van der Waals surface area contributed by atoms with Crippen molar-refractivity contribution in [3.05, 3.63) is 35.9 Å². The predicted octanol–water partition coefficient (Wildman–Crippen LogP) is 2.73. The van der Waals surface area contributed by atoms with E-state index in [4.69, 9.17) is 0 Å². The summed E-state index contributed by atoms with van der Waals surface area (Å²) in [5.41, 5.74) is 1.08. The normalized spacial score (nSPS) is 17.8. The molecule has 3 nitrogen and oxygen atoms in total. The molecule has 2 rings (SSSR count). The van der Waals surface area contributed by atoms with Crippen LogP contribution < -0.4 is 5.32 Å². The lowest BCUT2D eigenvalue weighted by Gasteiger charge is -2.32. The summed E-state index contributed by atoms with van der Waals surface area (Å²) in [6, 6.07) is 10.3. The minimum Gasteiger partial charge on any atom is -0.331 e. The minimum absolute atomic E-state index is 0.00393. The van der Waals surface area contributed by atoms with Gasteiger partial charge in [-0.2, -0.15) is 0 Å². The zero-order valence-corrected chi connectivity index (χ0v) is 10.6. The van der Waals surface area contributed by atoms with Gasteiger partial charge < -0.3 is 10.2 Å². The van der Waals surface area contributed by atoms with E-state index in [0.717, 1.165) is 12.8 Å². The highest BCUT2D eigenvalue weighted by molar-refractivity contribution is 5.74. The molecule has 1 aliphatic rings. The number of urea groups is 1. The molecule has 0 aliphatic heterocycles. The van der Waals surface area contributed by atoms with Crippen molar-refractivity contribution in [1.82, 2.24) is 10.2 Å². The summed E-state index contributed by atoms with van der Waals surface area (Å²) in [7, 11) is 3.56. The van der Waals surface area contributed by atoms with Crippen LogP contribution in [0.4, 0.5) is 4.79 Å². The van der Waals surface area contributed by atoms with Gasteiger partial charge in [-0.05, 0) is 18.4 Å². The number of hydrogen-bond acceptors (Lipinski definition) is 1. The molecular weight excluding hydrogens is 212 g/mol. The third-order valence-electron chi connectivity index (χ3n) is 3.54. The highest BCUT2D eigenvalue weighted by Crippen LogP contribution is 2.38. The quantitative estimate of drug-likeness (QED) is 0.835. The van der Waals surface area contributed by atoms with E-state index in [-0.39, 0.29) is 11.6 Å². The Morgan fingerprint density at radius 2 is 1.76 bits per heavy atom. The molecule has 0 heterocycles. The van der Waals surface area contributed by atoms with E-state index in [1.807, 2.05) is 18.2 Å². The van der Waals surface area contributed by atoms with Crippen LogP contribution in [0, 0.1) is 0 Å². The van der Waals surface area contributed by atoms with Crippen molar-refractivity contribution < 1.29 is 4.79 Å². The Bertz CT molecular complexity index is 380. The van der Waals surface area contributed by atoms with E-state index < -0.39 is 0 Å². The van der Waals surface area contributed by atoms with Crippen molar-refractivity contribution in [3.8, 4) is 0 Å². The van der Waals surface area contributed by atoms with Crippen molar-refractivity contribution in [2.75, 3.05) is 14.1 Å². The van der Waals surface area contributed by atoms with Gasteiger partial charge in [0, 0.05) is 14.1 Å². The van der Waals surface area contributed by atoms with Gasteiger partial charge in [0.25, 0.3) is 0 Å². The van der Waals surface area contributed by atoms with Gasteiger partial charge in [0.1, 0.15) is 0 Å². The molecule has 1 aromatic carbocycles. The molecule has 0 saturated heterocycles. The molecule has 1 saturated carbocycles. The molecule has 2 amide bonds. The van der Waals surface area contributed by atoms with Crippen LogP contribution in [0.3, 0.4) is 0 Å². The van der Waals surface area contributed by atoms with Crippen molar-refractivity contribution in [2.24, 2.45) is 0 Å². The van der Waals surface area contributed by atoms with E-state index >= 15 is 0 Å². The van der Waals surface area contributed by atoms with Crippen molar-refractivity contribution in [1.29, 1.82) is 0 Å². The van der Waals surface area contributed by atoms with E-state index in [0.29, 0.717) is 0 Å². The molecule has 1 aromatic rings. The molecule has 0 unspecified atom stereocenters. The first-order valence-electron chi connectivity index (χ1n) is 6.19. The van der Waals surface area contributed by atoms with Crippen LogP contribution >= 0.6 is 0 Å². The fourth-order valence-corrected chi connectivity index (χ4v) is 2.54. The van der Waals surface area contributed by atoms with E-state index in [1.165, 1.54) is 18.4 Å². The summed E-state index contributed by atoms with van der Waals surface area (Å²) >= 11 is 0. The summed E-state index contributed by atoms with van der Waals surface area (Å²) in [5.74, 6) is 0. The Hall–Kier alpha value is -1.51. The van der Waals surface area contributed by atoms with E-state index in [2.05, 4.69) is 17.4 Å². The van der Waals surface area contributed by atoms with Gasteiger partial charge in [-0.1, -0.05) is 43.2 Å². The van der Waals surface area contributed by atoms with E-state index in [1.54, 1.807) is 19.0 Å². The molecule has 1 aliphatic carbocycles. The lowest BCUT2D eigenvalue weighted by atomic mass is 9.88. The van der Waals surface area contributed by atoms with Crippen LogP contribution in [0.25, 0.3) is 0 Å². The molecule has 17 heavy (non-hydrogen) atoms. The fourth-order valence-electron chi connectivity index (χ4n) is 2.54. The smallest absolute Gasteiger partial charge is 0.317 e. The Morgan fingerprint density at radius 3 is 2.29 bits per heavy atom. The lowest BCUT2D eigenvalue weighted by molar-refractivity contribution is 0.200. The SMILES string of the molecule is CN(C)C(=O)NC1(c2ccccc2)CCCC1. The molecular formula is C14H20N2O. The second-order valence-electron chi connectivity index (χ2n) is 4.98. The van der Waals surface area contributed by atoms with Crippen LogP contribution in [-0.4, -0.2) is 25.0 Å². The Labute approximate surface area is 103 Å². The zero-order valence-electron chi connectivity index (χ0n) is 10.6. The number of nitrogens with zero attached hydrogens (tertiary/aromatic N) is 1. The molecule has 3 heteroatoms. The molecule has 0 bridgehead atoms. The average Bonchev–Trinajstić information content (AvgIpc) is 2.80. The molecule has 0 atom stereocenters. The van der Waals surface area contributed by atoms with E-state index in [9.17, 15) is 4.79 Å². The van der Waals surface area contributed by atoms with Gasteiger partial charge in [-0.25, -0.2) is 4.79 Å². The fraction of sp³-hybridized carbons (Fsp3) is 0.500. The number of nitrogens with one attached hydrogen (secondary N) is 1. The first-order chi connectivity index (χ1) is 8.14. The summed E-state index contributed by atoms with van der Waals surface area (Å²) in [4.78, 5) is 13.5. The number of rotatable bonds is 2. The van der Waals surface area contributed by atoms with Crippen molar-refractivity contribution >= 4 is 6.03 Å². The van der Waals surface area contributed by atoms with Gasteiger partial charge in [0.15, 0.2) is 0 Å². The molecule has 1 N–H and O–H groups in total. The first kappa shape index (κ1) is 12.0. The maximum Gasteiger partial charge on any atom is 0.317 e. The third-order valence-corrected chi connectivity index (χ3v) is 3.54. The van der Waals surface area contributed by atoms with Gasteiger partial charge in [-0.15, -0.1) is 0 Å². The van der Waals surface area contributed by atoms with Gasteiger partial charge >= 0.3 is 6.03 Å². The van der Waals surface area contributed by atoms with Crippen molar-refractivity contribution in [2.45, 2.75) is 31.2 Å². The molecule has 0 radical (unpaired) electrons. The van der Waals surface area contributed by atoms with Crippen molar-refractivity contribution in [3.63, 3.8) is 0 Å². The predicted molar refractivity (Wildman–Crippen MR) is 68.8 cm³/mol. The topological polar surface area (TPSA) is 32.3 Å². The number of carbonyl (C=O) groups is 1. The van der Waals surface area contributed by atoms with Gasteiger partial charge in [0.2, 0.25) is 0 Å². The number of amides is 2. The largest absolute Gasteiger partial charge is 0.331 e. The second kappa shape index (κ2) is 4.78.